The van der Waals surface area contributed by atoms with Gasteiger partial charge in [-0.25, -0.2) is 0 Å². The minimum atomic E-state index is -0.827. The van der Waals surface area contributed by atoms with Crippen molar-refractivity contribution in [3.63, 3.8) is 0 Å². The van der Waals surface area contributed by atoms with Crippen LogP contribution in [-0.2, 0) is 23.0 Å². The molecule has 2 heterocycles. The molecule has 0 radical (unpaired) electrons. The van der Waals surface area contributed by atoms with Crippen LogP contribution in [0.5, 0.6) is 0 Å². The topological polar surface area (TPSA) is 77.0 Å². The van der Waals surface area contributed by atoms with E-state index in [1.165, 1.54) is 0 Å². The molecular formula is C21H25N3O3. The van der Waals surface area contributed by atoms with Gasteiger partial charge in [0.1, 0.15) is 0 Å². The lowest BCUT2D eigenvalue weighted by atomic mass is 10.0. The van der Waals surface area contributed by atoms with E-state index >= 15 is 0 Å². The Morgan fingerprint density at radius 2 is 1.93 bits per heavy atom. The molecule has 0 saturated carbocycles. The average Bonchev–Trinajstić information content (AvgIpc) is 3.07. The number of fused-ring (bicyclic) bond motifs is 1. The molecule has 1 N–H and O–H groups in total. The van der Waals surface area contributed by atoms with Gasteiger partial charge in [-0.1, -0.05) is 18.2 Å². The zero-order chi connectivity index (χ0) is 19.7. The Kier molecular flexibility index (Phi) is 5.17. The smallest absolute Gasteiger partial charge is 0.306 e. The average molecular weight is 367 g/mol. The van der Waals surface area contributed by atoms with E-state index in [1.54, 1.807) is 6.92 Å². The predicted molar refractivity (Wildman–Crippen MR) is 104 cm³/mol. The molecule has 1 atom stereocenters. The molecule has 0 amide bonds. The van der Waals surface area contributed by atoms with Gasteiger partial charge < -0.3 is 9.72 Å². The summed E-state index contributed by atoms with van der Waals surface area (Å²) >= 11 is 0. The van der Waals surface area contributed by atoms with E-state index in [-0.39, 0.29) is 18.2 Å². The highest BCUT2D eigenvalue weighted by atomic mass is 16.5. The van der Waals surface area contributed by atoms with Gasteiger partial charge in [0.25, 0.3) is 0 Å². The summed E-state index contributed by atoms with van der Waals surface area (Å²) in [5, 5.41) is 5.21. The minimum absolute atomic E-state index is 0.188. The molecule has 1 unspecified atom stereocenters. The summed E-state index contributed by atoms with van der Waals surface area (Å²) in [5.41, 5.74) is 5.29. The molecule has 1 aromatic carbocycles. The number of carbonyl (C=O) groups excluding carboxylic acids is 2. The van der Waals surface area contributed by atoms with Gasteiger partial charge in [0.05, 0.1) is 5.69 Å². The molecule has 6 heteroatoms. The number of aromatic amines is 1. The quantitative estimate of drug-likeness (QED) is 0.534. The fourth-order valence-electron chi connectivity index (χ4n) is 3.51. The van der Waals surface area contributed by atoms with Crippen LogP contribution in [0.1, 0.15) is 46.3 Å². The maximum atomic E-state index is 12.9. The van der Waals surface area contributed by atoms with Gasteiger partial charge in [-0.05, 0) is 45.7 Å². The van der Waals surface area contributed by atoms with Crippen molar-refractivity contribution in [1.29, 1.82) is 0 Å². The van der Waals surface area contributed by atoms with Crippen molar-refractivity contribution < 1.29 is 14.3 Å². The van der Waals surface area contributed by atoms with Gasteiger partial charge in [-0.3, -0.25) is 14.3 Å². The minimum Gasteiger partial charge on any atom is -0.454 e. The summed E-state index contributed by atoms with van der Waals surface area (Å²) in [5.74, 6) is -0.567. The van der Waals surface area contributed by atoms with Crippen LogP contribution in [0.3, 0.4) is 0 Å². The lowest BCUT2D eigenvalue weighted by molar-refractivity contribution is -0.146. The Hall–Kier alpha value is -2.89. The lowest BCUT2D eigenvalue weighted by Gasteiger charge is -2.13. The number of H-pyrrole nitrogens is 1. The van der Waals surface area contributed by atoms with Gasteiger partial charge in [-0.15, -0.1) is 0 Å². The zero-order valence-corrected chi connectivity index (χ0v) is 16.4. The summed E-state index contributed by atoms with van der Waals surface area (Å²) < 4.78 is 7.23. The van der Waals surface area contributed by atoms with Crippen LogP contribution in [-0.4, -0.2) is 32.6 Å². The summed E-state index contributed by atoms with van der Waals surface area (Å²) in [4.78, 5) is 28.3. The first-order valence-electron chi connectivity index (χ1n) is 9.09. The van der Waals surface area contributed by atoms with E-state index in [9.17, 15) is 9.59 Å². The SMILES string of the molecule is Cc1nn(C)c(C)c1CCC(=O)OC(C)C(=O)c1c(C)[nH]c2ccccc12. The Morgan fingerprint density at radius 1 is 1.22 bits per heavy atom. The van der Waals surface area contributed by atoms with Crippen molar-refractivity contribution >= 4 is 22.7 Å². The van der Waals surface area contributed by atoms with E-state index in [0.29, 0.717) is 12.0 Å². The fraction of sp³-hybridized carbons (Fsp3) is 0.381. The molecule has 142 valence electrons. The van der Waals surface area contributed by atoms with E-state index in [0.717, 1.165) is 33.5 Å². The van der Waals surface area contributed by atoms with Crippen LogP contribution in [0.2, 0.25) is 0 Å². The number of esters is 1. The standard InChI is InChI=1S/C21H25N3O3/c1-12-16(14(3)24(5)23-12)10-11-19(25)27-15(4)21(26)20-13(2)22-18-9-7-6-8-17(18)20/h6-9,15,22H,10-11H2,1-5H3. The monoisotopic (exact) mass is 367 g/mol. The van der Waals surface area contributed by atoms with Gasteiger partial charge in [0.2, 0.25) is 5.78 Å². The highest BCUT2D eigenvalue weighted by molar-refractivity contribution is 6.11. The molecule has 0 aliphatic rings. The molecule has 3 aromatic rings. The molecule has 6 nitrogen and oxygen atoms in total. The predicted octanol–water partition coefficient (Wildman–Crippen LogP) is 3.57. The number of ether oxygens (including phenoxy) is 1. The van der Waals surface area contributed by atoms with E-state index in [1.807, 2.05) is 56.8 Å². The highest BCUT2D eigenvalue weighted by Crippen LogP contribution is 2.24. The molecule has 0 spiro atoms. The summed E-state index contributed by atoms with van der Waals surface area (Å²) in [6, 6.07) is 7.63. The number of nitrogens with one attached hydrogen (secondary N) is 1. The first-order chi connectivity index (χ1) is 12.8. The maximum Gasteiger partial charge on any atom is 0.306 e. The van der Waals surface area contributed by atoms with Crippen molar-refractivity contribution in [2.45, 2.75) is 46.6 Å². The van der Waals surface area contributed by atoms with Crippen molar-refractivity contribution in [1.82, 2.24) is 14.8 Å². The highest BCUT2D eigenvalue weighted by Gasteiger charge is 2.24. The summed E-state index contributed by atoms with van der Waals surface area (Å²) in [6.45, 7) is 7.39. The van der Waals surface area contributed by atoms with Crippen molar-refractivity contribution in [3.05, 3.63) is 52.5 Å². The molecule has 27 heavy (non-hydrogen) atoms. The summed E-state index contributed by atoms with van der Waals surface area (Å²) in [6.07, 6.45) is -0.0543. The van der Waals surface area contributed by atoms with E-state index in [2.05, 4.69) is 10.1 Å². The molecule has 0 bridgehead atoms. The van der Waals surface area contributed by atoms with Crippen LogP contribution in [0.15, 0.2) is 24.3 Å². The number of aryl methyl sites for hydroxylation is 3. The number of carbonyl (C=O) groups is 2. The molecule has 0 saturated heterocycles. The number of Topliss-reactive ketones (excluding diaryl/α,β-unsaturated/α-hetero) is 1. The third-order valence-corrected chi connectivity index (χ3v) is 5.06. The number of ketones is 1. The second kappa shape index (κ2) is 7.39. The van der Waals surface area contributed by atoms with E-state index in [4.69, 9.17) is 4.74 Å². The van der Waals surface area contributed by atoms with Crippen LogP contribution in [0.25, 0.3) is 10.9 Å². The molecule has 2 aromatic heterocycles. The fourth-order valence-corrected chi connectivity index (χ4v) is 3.51. The molecule has 0 aliphatic carbocycles. The largest absolute Gasteiger partial charge is 0.454 e. The first-order valence-corrected chi connectivity index (χ1v) is 9.09. The number of para-hydroxylation sites is 1. The normalized spacial score (nSPS) is 12.3. The van der Waals surface area contributed by atoms with Crippen molar-refractivity contribution in [2.75, 3.05) is 0 Å². The van der Waals surface area contributed by atoms with Gasteiger partial charge in [0.15, 0.2) is 6.10 Å². The van der Waals surface area contributed by atoms with Crippen LogP contribution >= 0.6 is 0 Å². The molecule has 0 fully saturated rings. The number of benzene rings is 1. The molecule has 0 aliphatic heterocycles. The number of hydrogen-bond donors (Lipinski definition) is 1. The van der Waals surface area contributed by atoms with Crippen molar-refractivity contribution in [3.8, 4) is 0 Å². The number of rotatable bonds is 6. The van der Waals surface area contributed by atoms with Crippen LogP contribution in [0, 0.1) is 20.8 Å². The van der Waals surface area contributed by atoms with Crippen LogP contribution < -0.4 is 0 Å². The molecule has 3 rings (SSSR count). The number of hydrogen-bond acceptors (Lipinski definition) is 4. The maximum absolute atomic E-state index is 12.9. The Balaban J connectivity index is 1.67. The third kappa shape index (κ3) is 3.65. The second-order valence-corrected chi connectivity index (χ2v) is 6.94. The Morgan fingerprint density at radius 3 is 2.59 bits per heavy atom. The first kappa shape index (κ1) is 18.9. The van der Waals surface area contributed by atoms with Crippen molar-refractivity contribution in [2.24, 2.45) is 7.05 Å². The van der Waals surface area contributed by atoms with Gasteiger partial charge >= 0.3 is 5.97 Å². The van der Waals surface area contributed by atoms with Gasteiger partial charge in [0, 0.05) is 41.3 Å². The lowest BCUT2D eigenvalue weighted by Crippen LogP contribution is -2.25. The Bertz CT molecular complexity index is 1010. The second-order valence-electron chi connectivity index (χ2n) is 6.94. The van der Waals surface area contributed by atoms with Crippen LogP contribution in [0.4, 0.5) is 0 Å². The third-order valence-electron chi connectivity index (χ3n) is 5.06. The number of aromatic nitrogens is 3. The molecular weight excluding hydrogens is 342 g/mol. The number of nitrogens with zero attached hydrogens (tertiary/aromatic N) is 2. The van der Waals surface area contributed by atoms with Gasteiger partial charge in [-0.2, -0.15) is 5.10 Å². The van der Waals surface area contributed by atoms with E-state index < -0.39 is 6.10 Å². The summed E-state index contributed by atoms with van der Waals surface area (Å²) in [7, 11) is 1.88. The zero-order valence-electron chi connectivity index (χ0n) is 16.4. The Labute approximate surface area is 158 Å².